The fourth-order valence-corrected chi connectivity index (χ4v) is 3.42. The minimum atomic E-state index is -0.895. The second kappa shape index (κ2) is 9.12. The number of nitrogens with zero attached hydrogens (tertiary/aromatic N) is 3. The second-order valence-electron chi connectivity index (χ2n) is 6.27. The molecule has 0 spiro atoms. The van der Waals surface area contributed by atoms with Crippen molar-refractivity contribution in [3.05, 3.63) is 70.5 Å². The predicted molar refractivity (Wildman–Crippen MR) is 109 cm³/mol. The summed E-state index contributed by atoms with van der Waals surface area (Å²) in [6.45, 7) is 4.28. The number of rotatable bonds is 8. The number of carboxylic acid groups (broad SMARTS) is 1. The van der Waals surface area contributed by atoms with Gasteiger partial charge in [0.2, 0.25) is 0 Å². The normalized spacial score (nSPS) is 12.0. The highest BCUT2D eigenvalue weighted by atomic mass is 35.5. The Morgan fingerprint density at radius 1 is 1.25 bits per heavy atom. The van der Waals surface area contributed by atoms with Crippen LogP contribution in [-0.2, 0) is 17.9 Å². The Kier molecular flexibility index (Phi) is 6.59. The van der Waals surface area contributed by atoms with Crippen LogP contribution in [0.5, 0.6) is 5.75 Å². The molecule has 6 nitrogen and oxygen atoms in total. The number of aryl methyl sites for hydroxylation is 1. The highest BCUT2D eigenvalue weighted by molar-refractivity contribution is 8.00. The molecule has 0 saturated heterocycles. The first-order valence-corrected chi connectivity index (χ1v) is 9.94. The lowest BCUT2D eigenvalue weighted by atomic mass is 10.2. The van der Waals surface area contributed by atoms with E-state index in [2.05, 4.69) is 10.2 Å². The van der Waals surface area contributed by atoms with Gasteiger partial charge in [-0.25, -0.2) is 0 Å². The number of ether oxygens (including phenoxy) is 1. The van der Waals surface area contributed by atoms with E-state index in [1.54, 1.807) is 19.1 Å². The standard InChI is InChI=1S/C20H20ClN3O3S/c1-13-10-16(8-9-17(13)21)27-12-18-22-23-20(28-14(2)19(25)26)24(18)11-15-6-4-3-5-7-15/h3-10,14H,11-12H2,1-2H3,(H,25,26)/t14-/m0/s1. The molecule has 0 aliphatic heterocycles. The number of halogens is 1. The van der Waals surface area contributed by atoms with Crippen molar-refractivity contribution in [2.24, 2.45) is 0 Å². The summed E-state index contributed by atoms with van der Waals surface area (Å²) < 4.78 is 7.76. The van der Waals surface area contributed by atoms with E-state index in [1.807, 2.05) is 47.9 Å². The zero-order chi connectivity index (χ0) is 20.1. The van der Waals surface area contributed by atoms with Gasteiger partial charge in [0, 0.05) is 5.02 Å². The van der Waals surface area contributed by atoms with Crippen LogP contribution in [0.1, 0.15) is 23.9 Å². The van der Waals surface area contributed by atoms with E-state index in [0.717, 1.165) is 22.9 Å². The smallest absolute Gasteiger partial charge is 0.316 e. The molecule has 1 heterocycles. The molecule has 1 aromatic heterocycles. The van der Waals surface area contributed by atoms with Crippen LogP contribution < -0.4 is 4.74 Å². The molecule has 0 aliphatic rings. The van der Waals surface area contributed by atoms with Crippen molar-refractivity contribution < 1.29 is 14.6 Å². The Labute approximate surface area is 172 Å². The molecule has 0 aliphatic carbocycles. The molecule has 3 rings (SSSR count). The highest BCUT2D eigenvalue weighted by Gasteiger charge is 2.20. The first-order valence-electron chi connectivity index (χ1n) is 8.68. The van der Waals surface area contributed by atoms with Gasteiger partial charge in [-0.3, -0.25) is 9.36 Å². The second-order valence-corrected chi connectivity index (χ2v) is 7.98. The summed E-state index contributed by atoms with van der Waals surface area (Å²) in [6.07, 6.45) is 0. The molecule has 2 aromatic carbocycles. The average molecular weight is 418 g/mol. The lowest BCUT2D eigenvalue weighted by Crippen LogP contribution is -2.14. The number of thioether (sulfide) groups is 1. The van der Waals surface area contributed by atoms with Crippen LogP contribution in [0.3, 0.4) is 0 Å². The third-order valence-electron chi connectivity index (χ3n) is 4.10. The van der Waals surface area contributed by atoms with Gasteiger partial charge in [-0.2, -0.15) is 0 Å². The molecule has 0 saturated carbocycles. The third kappa shape index (κ3) is 5.05. The Hall–Kier alpha value is -2.51. The zero-order valence-corrected chi connectivity index (χ0v) is 17.1. The number of hydrogen-bond donors (Lipinski definition) is 1. The van der Waals surface area contributed by atoms with E-state index in [9.17, 15) is 9.90 Å². The maximum atomic E-state index is 11.2. The molecule has 3 aromatic rings. The van der Waals surface area contributed by atoms with E-state index in [4.69, 9.17) is 16.3 Å². The van der Waals surface area contributed by atoms with Crippen molar-refractivity contribution in [1.29, 1.82) is 0 Å². The molecule has 1 atom stereocenters. The SMILES string of the molecule is Cc1cc(OCc2nnc(S[C@@H](C)C(=O)O)n2Cc2ccccc2)ccc1Cl. The van der Waals surface area contributed by atoms with Gasteiger partial charge < -0.3 is 9.84 Å². The number of hydrogen-bond acceptors (Lipinski definition) is 5. The van der Waals surface area contributed by atoms with Crippen molar-refractivity contribution in [3.8, 4) is 5.75 Å². The molecule has 0 radical (unpaired) electrons. The Morgan fingerprint density at radius 2 is 2.00 bits per heavy atom. The first-order chi connectivity index (χ1) is 13.4. The largest absolute Gasteiger partial charge is 0.486 e. The van der Waals surface area contributed by atoms with Crippen LogP contribution in [0.15, 0.2) is 53.7 Å². The fourth-order valence-electron chi connectivity index (χ4n) is 2.50. The first kappa shape index (κ1) is 20.2. The summed E-state index contributed by atoms with van der Waals surface area (Å²) >= 11 is 7.22. The van der Waals surface area contributed by atoms with Crippen LogP contribution in [-0.4, -0.2) is 31.1 Å². The van der Waals surface area contributed by atoms with Crippen molar-refractivity contribution in [1.82, 2.24) is 14.8 Å². The molecular formula is C20H20ClN3O3S. The molecule has 0 amide bonds. The summed E-state index contributed by atoms with van der Waals surface area (Å²) in [4.78, 5) is 11.2. The Bertz CT molecular complexity index is 963. The van der Waals surface area contributed by atoms with Crippen molar-refractivity contribution in [2.45, 2.75) is 37.4 Å². The van der Waals surface area contributed by atoms with Crippen molar-refractivity contribution >= 4 is 29.3 Å². The zero-order valence-electron chi connectivity index (χ0n) is 15.5. The summed E-state index contributed by atoms with van der Waals surface area (Å²) in [5, 5.41) is 18.2. The summed E-state index contributed by atoms with van der Waals surface area (Å²) in [5.41, 5.74) is 1.99. The maximum Gasteiger partial charge on any atom is 0.316 e. The van der Waals surface area contributed by atoms with Crippen molar-refractivity contribution in [2.75, 3.05) is 0 Å². The van der Waals surface area contributed by atoms with Crippen LogP contribution in [0.25, 0.3) is 0 Å². The predicted octanol–water partition coefficient (Wildman–Crippen LogP) is 4.43. The van der Waals surface area contributed by atoms with Crippen LogP contribution in [0.4, 0.5) is 0 Å². The minimum absolute atomic E-state index is 0.211. The summed E-state index contributed by atoms with van der Waals surface area (Å²) in [6, 6.07) is 15.3. The van der Waals surface area contributed by atoms with Gasteiger partial charge in [0.15, 0.2) is 11.0 Å². The van der Waals surface area contributed by atoms with E-state index < -0.39 is 11.2 Å². The molecule has 146 valence electrons. The van der Waals surface area contributed by atoms with Crippen LogP contribution in [0.2, 0.25) is 5.02 Å². The average Bonchev–Trinajstić information content (AvgIpc) is 3.05. The van der Waals surface area contributed by atoms with Gasteiger partial charge in [-0.05, 0) is 43.2 Å². The molecule has 1 N–H and O–H groups in total. The minimum Gasteiger partial charge on any atom is -0.486 e. The number of aromatic nitrogens is 3. The third-order valence-corrected chi connectivity index (χ3v) is 5.60. The monoisotopic (exact) mass is 417 g/mol. The molecule has 0 fully saturated rings. The quantitative estimate of drug-likeness (QED) is 0.546. The number of carbonyl (C=O) groups is 1. The number of aliphatic carboxylic acids is 1. The topological polar surface area (TPSA) is 77.2 Å². The van der Waals surface area contributed by atoms with E-state index in [-0.39, 0.29) is 6.61 Å². The van der Waals surface area contributed by atoms with E-state index >= 15 is 0 Å². The summed E-state index contributed by atoms with van der Waals surface area (Å²) in [5.74, 6) is 0.412. The number of carboxylic acids is 1. The molecule has 0 bridgehead atoms. The van der Waals surface area contributed by atoms with Crippen LogP contribution in [0, 0.1) is 6.92 Å². The summed E-state index contributed by atoms with van der Waals surface area (Å²) in [7, 11) is 0. The van der Waals surface area contributed by atoms with E-state index in [0.29, 0.717) is 28.3 Å². The number of benzene rings is 2. The lowest BCUT2D eigenvalue weighted by Gasteiger charge is -2.12. The molecular weight excluding hydrogens is 398 g/mol. The van der Waals surface area contributed by atoms with Crippen molar-refractivity contribution in [3.63, 3.8) is 0 Å². The highest BCUT2D eigenvalue weighted by Crippen LogP contribution is 2.25. The van der Waals surface area contributed by atoms with Crippen LogP contribution >= 0.6 is 23.4 Å². The van der Waals surface area contributed by atoms with Gasteiger partial charge in [0.1, 0.15) is 17.6 Å². The Morgan fingerprint density at radius 3 is 2.68 bits per heavy atom. The van der Waals surface area contributed by atoms with Gasteiger partial charge >= 0.3 is 5.97 Å². The molecule has 0 unspecified atom stereocenters. The molecule has 8 heteroatoms. The van der Waals surface area contributed by atoms with Gasteiger partial charge in [-0.15, -0.1) is 10.2 Å². The van der Waals surface area contributed by atoms with Gasteiger partial charge in [0.25, 0.3) is 0 Å². The van der Waals surface area contributed by atoms with Gasteiger partial charge in [0.05, 0.1) is 6.54 Å². The van der Waals surface area contributed by atoms with E-state index in [1.165, 1.54) is 0 Å². The molecule has 28 heavy (non-hydrogen) atoms. The fraction of sp³-hybridized carbons (Fsp3) is 0.250. The maximum absolute atomic E-state index is 11.2. The lowest BCUT2D eigenvalue weighted by molar-refractivity contribution is -0.136. The van der Waals surface area contributed by atoms with Gasteiger partial charge in [-0.1, -0.05) is 53.7 Å². The Balaban J connectivity index is 1.83.